The number of carbonyl (C=O) groups excluding carboxylic acids is 2. The van der Waals surface area contributed by atoms with E-state index in [1.807, 2.05) is 0 Å². The molecule has 294 valence electrons. The van der Waals surface area contributed by atoms with Crippen molar-refractivity contribution in [1.29, 1.82) is 0 Å². The van der Waals surface area contributed by atoms with Gasteiger partial charge in [0.15, 0.2) is 5.75 Å². The highest BCUT2D eigenvalue weighted by molar-refractivity contribution is 7.92. The van der Waals surface area contributed by atoms with Gasteiger partial charge >= 0.3 is 24.3 Å². The molecule has 2 unspecified atom stereocenters. The van der Waals surface area contributed by atoms with Crippen molar-refractivity contribution in [3.8, 4) is 23.0 Å². The molecule has 0 aromatic heterocycles. The van der Waals surface area contributed by atoms with E-state index in [-0.39, 0.29) is 44.7 Å². The summed E-state index contributed by atoms with van der Waals surface area (Å²) < 4.78 is 130. The van der Waals surface area contributed by atoms with Crippen LogP contribution in [0.1, 0.15) is 39.7 Å². The third kappa shape index (κ3) is 9.52. The number of benzene rings is 5. The Balaban J connectivity index is 1.43. The second-order valence-electron chi connectivity index (χ2n) is 12.2. The summed E-state index contributed by atoms with van der Waals surface area (Å²) in [6, 6.07) is 21.7. The Morgan fingerprint density at radius 2 is 1.05 bits per heavy atom. The number of aryl methyl sites for hydroxylation is 1. The quantitative estimate of drug-likeness (QED) is 0.0717. The topological polar surface area (TPSA) is 143 Å². The number of rotatable bonds is 12. The van der Waals surface area contributed by atoms with Gasteiger partial charge in [-0.1, -0.05) is 42.0 Å². The lowest BCUT2D eigenvalue weighted by molar-refractivity contribution is -0.150. The van der Waals surface area contributed by atoms with Crippen molar-refractivity contribution >= 4 is 33.3 Å². The third-order valence-corrected chi connectivity index (χ3v) is 9.78. The fourth-order valence-electron chi connectivity index (χ4n) is 5.54. The minimum Gasteiger partial charge on any atom is -0.469 e. The van der Waals surface area contributed by atoms with Crippen LogP contribution in [0.2, 0.25) is 0 Å². The molecular weight excluding hydrogens is 770 g/mol. The highest BCUT2D eigenvalue weighted by Gasteiger charge is 2.38. The first-order chi connectivity index (χ1) is 26.3. The number of sulfonamides is 1. The van der Waals surface area contributed by atoms with Crippen molar-refractivity contribution in [2.24, 2.45) is 0 Å². The van der Waals surface area contributed by atoms with Gasteiger partial charge in [0, 0.05) is 0 Å². The van der Waals surface area contributed by atoms with Gasteiger partial charge in [0.2, 0.25) is 0 Å². The molecule has 5 aromatic carbocycles. The summed E-state index contributed by atoms with van der Waals surface area (Å²) in [6.07, 6.45) is -9.42. The number of halogens is 6. The Bertz CT molecular complexity index is 2320. The molecule has 10 nitrogen and oxygen atoms in total. The molecule has 0 aliphatic heterocycles. The number of anilines is 2. The van der Waals surface area contributed by atoms with Crippen molar-refractivity contribution in [3.05, 3.63) is 137 Å². The summed E-state index contributed by atoms with van der Waals surface area (Å²) in [4.78, 5) is 26.3. The summed E-state index contributed by atoms with van der Waals surface area (Å²) in [5.74, 6) is -4.48. The Morgan fingerprint density at radius 1 is 0.625 bits per heavy atom. The van der Waals surface area contributed by atoms with E-state index in [2.05, 4.69) is 4.72 Å². The predicted octanol–water partition coefficient (Wildman–Crippen LogP) is 9.21. The van der Waals surface area contributed by atoms with Gasteiger partial charge < -0.3 is 24.7 Å². The van der Waals surface area contributed by atoms with E-state index in [0.29, 0.717) is 6.07 Å². The minimum atomic E-state index is -4.81. The van der Waals surface area contributed by atoms with Crippen LogP contribution < -0.4 is 19.9 Å². The number of alkyl halides is 6. The van der Waals surface area contributed by atoms with E-state index in [1.165, 1.54) is 72.8 Å². The van der Waals surface area contributed by atoms with Crippen molar-refractivity contribution < 1.29 is 63.3 Å². The molecule has 56 heavy (non-hydrogen) atoms. The maximum atomic E-state index is 13.6. The van der Waals surface area contributed by atoms with Crippen LogP contribution in [-0.2, 0) is 41.4 Å². The largest absolute Gasteiger partial charge is 0.469 e. The first-order valence-electron chi connectivity index (χ1n) is 16.3. The first kappa shape index (κ1) is 40.9. The molecule has 0 saturated carbocycles. The molecular formula is C39H32F6N2O8S. The molecule has 0 bridgehead atoms. The van der Waals surface area contributed by atoms with E-state index in [9.17, 15) is 44.3 Å². The van der Waals surface area contributed by atoms with Crippen LogP contribution in [0.5, 0.6) is 23.0 Å². The Labute approximate surface area is 316 Å². The summed E-state index contributed by atoms with van der Waals surface area (Å²) >= 11 is 0. The van der Waals surface area contributed by atoms with Gasteiger partial charge in [0.25, 0.3) is 10.0 Å². The zero-order valence-electron chi connectivity index (χ0n) is 29.6. The van der Waals surface area contributed by atoms with Gasteiger partial charge in [-0.2, -0.15) is 26.3 Å². The van der Waals surface area contributed by atoms with E-state index >= 15 is 0 Å². The predicted molar refractivity (Wildman–Crippen MR) is 192 cm³/mol. The molecule has 17 heteroatoms. The van der Waals surface area contributed by atoms with Crippen LogP contribution >= 0.6 is 0 Å². The molecule has 0 aliphatic rings. The second kappa shape index (κ2) is 16.2. The number of nitrogens with two attached hydrogens (primary N) is 1. The molecule has 0 heterocycles. The fraction of sp³-hybridized carbons (Fsp3) is 0.179. The maximum absolute atomic E-state index is 13.6. The smallest absolute Gasteiger partial charge is 0.416 e. The molecule has 0 radical (unpaired) electrons. The van der Waals surface area contributed by atoms with Crippen LogP contribution in [0.25, 0.3) is 0 Å². The lowest BCUT2D eigenvalue weighted by atomic mass is 9.81. The summed E-state index contributed by atoms with van der Waals surface area (Å²) in [5, 5.41) is 0. The van der Waals surface area contributed by atoms with Gasteiger partial charge in [-0.15, -0.1) is 0 Å². The molecule has 0 fully saturated rings. The number of hydrogen-bond donors (Lipinski definition) is 2. The van der Waals surface area contributed by atoms with Crippen molar-refractivity contribution in [1.82, 2.24) is 0 Å². The number of ether oxygens (including phenoxy) is 4. The average Bonchev–Trinajstić information content (AvgIpc) is 3.14. The SMILES string of the molecule is COC(=O)C(c1ccc(Oc2ccc(C(F)(F)F)cc2N)cc1)C(C(=O)OC)c1ccc(Oc2ccc(C(F)(F)F)cc2NS(=O)(=O)c2ccc(C)cc2)cc1. The van der Waals surface area contributed by atoms with E-state index in [0.717, 1.165) is 50.1 Å². The monoisotopic (exact) mass is 802 g/mol. The third-order valence-electron chi connectivity index (χ3n) is 8.40. The van der Waals surface area contributed by atoms with Crippen molar-refractivity contribution in [2.75, 3.05) is 24.7 Å². The van der Waals surface area contributed by atoms with Gasteiger partial charge in [0.05, 0.1) is 53.5 Å². The molecule has 3 N–H and O–H groups in total. The van der Waals surface area contributed by atoms with E-state index in [4.69, 9.17) is 24.7 Å². The normalized spacial score (nSPS) is 12.9. The first-order valence-corrected chi connectivity index (χ1v) is 17.8. The Morgan fingerprint density at radius 3 is 1.48 bits per heavy atom. The van der Waals surface area contributed by atoms with Crippen LogP contribution in [-0.4, -0.2) is 34.6 Å². The van der Waals surface area contributed by atoms with Crippen molar-refractivity contribution in [2.45, 2.75) is 36.0 Å². The lowest BCUT2D eigenvalue weighted by Crippen LogP contribution is -2.28. The molecule has 0 saturated heterocycles. The highest BCUT2D eigenvalue weighted by Crippen LogP contribution is 2.41. The van der Waals surface area contributed by atoms with Crippen LogP contribution in [0.15, 0.2) is 114 Å². The number of hydrogen-bond acceptors (Lipinski definition) is 9. The van der Waals surface area contributed by atoms with Gasteiger partial charge in [-0.3, -0.25) is 14.3 Å². The van der Waals surface area contributed by atoms with Gasteiger partial charge in [-0.25, -0.2) is 8.42 Å². The number of esters is 2. The summed E-state index contributed by atoms with van der Waals surface area (Å²) in [5.41, 5.74) is 4.15. The van der Waals surface area contributed by atoms with Gasteiger partial charge in [-0.05, 0) is 90.8 Å². The summed E-state index contributed by atoms with van der Waals surface area (Å²) in [6.45, 7) is 1.73. The molecule has 0 aliphatic carbocycles. The number of methoxy groups -OCH3 is 2. The standard InChI is InChI=1S/C39H32F6N2O8S/c1-22-4-16-29(17-5-22)56(50,51)47-31-21-26(39(43,44)45)11-19-33(31)55-28-14-8-24(9-15-28)35(37(49)53-3)34(36(48)52-2)23-6-12-27(13-7-23)54-32-18-10-25(20-30(32)46)38(40,41)42/h4-21,34-35,47H,46H2,1-3H3. The number of nitrogen functional groups attached to an aromatic ring is 1. The fourth-order valence-corrected chi connectivity index (χ4v) is 6.60. The average molecular weight is 803 g/mol. The van der Waals surface area contributed by atoms with Crippen LogP contribution in [0.4, 0.5) is 37.7 Å². The number of carbonyl (C=O) groups is 2. The minimum absolute atomic E-state index is 0.0200. The van der Waals surface area contributed by atoms with E-state index < -0.39 is 63.0 Å². The highest BCUT2D eigenvalue weighted by atomic mass is 32.2. The Kier molecular flexibility index (Phi) is 11.9. The Hall–Kier alpha value is -6.23. The molecule has 0 amide bonds. The second-order valence-corrected chi connectivity index (χ2v) is 13.9. The zero-order chi connectivity index (χ0) is 41.0. The number of nitrogens with one attached hydrogen (secondary N) is 1. The maximum Gasteiger partial charge on any atom is 0.416 e. The molecule has 5 aromatic rings. The molecule has 2 atom stereocenters. The van der Waals surface area contributed by atoms with Crippen molar-refractivity contribution in [3.63, 3.8) is 0 Å². The zero-order valence-corrected chi connectivity index (χ0v) is 30.4. The lowest BCUT2D eigenvalue weighted by Gasteiger charge is -2.24. The molecule has 5 rings (SSSR count). The van der Waals surface area contributed by atoms with Gasteiger partial charge in [0.1, 0.15) is 17.2 Å². The summed E-state index contributed by atoms with van der Waals surface area (Å²) in [7, 11) is -2.14. The van der Waals surface area contributed by atoms with E-state index in [1.54, 1.807) is 6.92 Å². The van der Waals surface area contributed by atoms with Crippen LogP contribution in [0.3, 0.4) is 0 Å². The molecule has 0 spiro atoms. The van der Waals surface area contributed by atoms with Crippen LogP contribution in [0, 0.1) is 6.92 Å².